The molecule has 3 aromatic carbocycles. The van der Waals surface area contributed by atoms with Crippen LogP contribution in [0.2, 0.25) is 0 Å². The van der Waals surface area contributed by atoms with Crippen LogP contribution >= 0.6 is 7.66 Å². The number of fused-ring (bicyclic) bond motifs is 6. The van der Waals surface area contributed by atoms with Crippen molar-refractivity contribution in [2.45, 2.75) is 26.8 Å². The molecule has 3 aromatic rings. The van der Waals surface area contributed by atoms with Crippen molar-refractivity contribution in [1.82, 2.24) is 5.09 Å². The van der Waals surface area contributed by atoms with E-state index in [0.717, 1.165) is 21.5 Å². The van der Waals surface area contributed by atoms with Crippen molar-refractivity contribution in [2.24, 2.45) is 5.92 Å². The topological polar surface area (TPSA) is 66.0 Å². The molecule has 1 saturated heterocycles. The van der Waals surface area contributed by atoms with Gasteiger partial charge in [0.1, 0.15) is 0 Å². The Hall–Kier alpha value is -2.40. The molecule has 0 amide bonds. The zero-order valence-corrected chi connectivity index (χ0v) is 16.9. The van der Waals surface area contributed by atoms with Crippen LogP contribution in [0.15, 0.2) is 48.5 Å². The molecule has 2 heterocycles. The van der Waals surface area contributed by atoms with Crippen LogP contribution in [0.1, 0.15) is 20.8 Å². The fraction of sp³-hybridized carbons (Fsp3) is 0.286. The van der Waals surface area contributed by atoms with Crippen LogP contribution in [0.5, 0.6) is 11.5 Å². The Bertz CT molecular complexity index is 1060. The van der Waals surface area contributed by atoms with Crippen molar-refractivity contribution in [2.75, 3.05) is 6.61 Å². The molecule has 1 unspecified atom stereocenters. The van der Waals surface area contributed by atoms with Crippen molar-refractivity contribution >= 4 is 35.2 Å². The second kappa shape index (κ2) is 5.80. The molecule has 1 atom stereocenters. The Balaban J connectivity index is 1.78. The summed E-state index contributed by atoms with van der Waals surface area (Å²) >= 11 is 0. The van der Waals surface area contributed by atoms with E-state index in [1.807, 2.05) is 69.3 Å². The zero-order valence-electron chi connectivity index (χ0n) is 16.0. The van der Waals surface area contributed by atoms with E-state index < -0.39 is 19.7 Å². The van der Waals surface area contributed by atoms with Crippen molar-refractivity contribution < 1.29 is 22.9 Å². The Morgan fingerprint density at radius 2 is 1.43 bits per heavy atom. The fourth-order valence-corrected chi connectivity index (χ4v) is 7.18. The van der Waals surface area contributed by atoms with Gasteiger partial charge in [-0.1, -0.05) is 0 Å². The number of rotatable bonds is 3. The van der Waals surface area contributed by atoms with E-state index in [4.69, 9.17) is 18.1 Å². The zero-order chi connectivity index (χ0) is 19.5. The molecular weight excluding hydrogens is 377 g/mol. The van der Waals surface area contributed by atoms with Gasteiger partial charge in [-0.2, -0.15) is 0 Å². The first-order valence-electron chi connectivity index (χ1n) is 9.49. The summed E-state index contributed by atoms with van der Waals surface area (Å²) in [5.41, 5.74) is 0. The number of carbonyl (C=O) groups is 1. The number of hydrogen-bond donors (Lipinski definition) is 1. The first kappa shape index (κ1) is 17.7. The van der Waals surface area contributed by atoms with Gasteiger partial charge in [-0.25, -0.2) is 0 Å². The van der Waals surface area contributed by atoms with Crippen LogP contribution in [-0.2, 0) is 13.8 Å². The van der Waals surface area contributed by atoms with Crippen LogP contribution in [0.25, 0.3) is 21.5 Å². The number of nitrogens with one attached hydrogen (secondary N) is 1. The molecule has 1 N–H and O–H groups in total. The molecular formula is C21H22NO5P. The Morgan fingerprint density at radius 1 is 0.929 bits per heavy atom. The molecule has 146 valence electrons. The maximum atomic E-state index is 12.6. The van der Waals surface area contributed by atoms with Crippen LogP contribution in [0, 0.1) is 5.92 Å². The van der Waals surface area contributed by atoms with Crippen LogP contribution in [0.4, 0.5) is 0 Å². The molecule has 0 aliphatic carbocycles. The fourth-order valence-electron chi connectivity index (χ4n) is 3.96. The molecule has 2 aliphatic rings. The van der Waals surface area contributed by atoms with E-state index in [0.29, 0.717) is 11.5 Å². The Morgan fingerprint density at radius 3 is 1.86 bits per heavy atom. The molecule has 6 nitrogen and oxygen atoms in total. The van der Waals surface area contributed by atoms with Gasteiger partial charge in [0.15, 0.2) is 0 Å². The van der Waals surface area contributed by atoms with Crippen molar-refractivity contribution in [1.29, 1.82) is 0 Å². The summed E-state index contributed by atoms with van der Waals surface area (Å²) < 4.78 is 24.6. The van der Waals surface area contributed by atoms with Gasteiger partial charge >= 0.3 is 163 Å². The normalized spacial score (nSPS) is 23.2. The molecule has 5 rings (SSSR count). The van der Waals surface area contributed by atoms with Gasteiger partial charge in [-0.3, -0.25) is 0 Å². The van der Waals surface area contributed by atoms with Crippen molar-refractivity contribution in [3.05, 3.63) is 48.5 Å². The summed E-state index contributed by atoms with van der Waals surface area (Å²) in [6.45, 7) is 5.98. The van der Waals surface area contributed by atoms with E-state index in [-0.39, 0.29) is 12.5 Å². The van der Waals surface area contributed by atoms with Crippen LogP contribution in [-0.4, -0.2) is 18.6 Å². The van der Waals surface area contributed by atoms with Crippen LogP contribution < -0.4 is 14.1 Å². The van der Waals surface area contributed by atoms with Gasteiger partial charge in [0.2, 0.25) is 0 Å². The van der Waals surface area contributed by atoms with E-state index >= 15 is 0 Å². The minimum atomic E-state index is -4.34. The minimum absolute atomic E-state index is 0.00106. The second-order valence-corrected chi connectivity index (χ2v) is 10.1. The SMILES string of the molecule is CCOP12(NC(C(C)C)C(=O)O1)Oc1c(c3ccccc3c3ccccc13)O2. The van der Waals surface area contributed by atoms with E-state index in [2.05, 4.69) is 5.09 Å². The predicted octanol–water partition coefficient (Wildman–Crippen LogP) is 5.10. The number of carbonyl (C=O) groups excluding carboxylic acids is 1. The Kier molecular flexibility index (Phi) is 3.66. The summed E-state index contributed by atoms with van der Waals surface area (Å²) in [4.78, 5) is 12.6. The molecule has 7 heteroatoms. The molecule has 1 spiro atoms. The molecule has 1 fully saturated rings. The summed E-state index contributed by atoms with van der Waals surface area (Å²) in [6, 6.07) is 15.4. The molecule has 0 aromatic heterocycles. The van der Waals surface area contributed by atoms with Gasteiger partial charge < -0.3 is 0 Å². The quantitative estimate of drug-likeness (QED) is 0.488. The first-order chi connectivity index (χ1) is 13.5. The molecule has 0 bridgehead atoms. The molecule has 0 radical (unpaired) electrons. The van der Waals surface area contributed by atoms with Gasteiger partial charge in [-0.05, 0) is 0 Å². The standard InChI is InChI=1S/C21H22NO5P/c1-4-24-28(22-18(13(2)3)21(23)27-28)25-19-16-11-7-5-9-14(16)15-10-6-8-12-17(15)20(19)26-28/h5-13,18,22H,4H2,1-3H3. The van der Waals surface area contributed by atoms with Gasteiger partial charge in [-0.15, -0.1) is 0 Å². The first-order valence-corrected chi connectivity index (χ1v) is 11.4. The summed E-state index contributed by atoms with van der Waals surface area (Å²) in [5.74, 6) is 0.677. The van der Waals surface area contributed by atoms with Crippen molar-refractivity contribution in [3.63, 3.8) is 0 Å². The van der Waals surface area contributed by atoms with Crippen LogP contribution in [0.3, 0.4) is 0 Å². The summed E-state index contributed by atoms with van der Waals surface area (Å²) in [6.07, 6.45) is 0. The third-order valence-electron chi connectivity index (χ3n) is 5.21. The third-order valence-corrected chi connectivity index (χ3v) is 8.10. The maximum absolute atomic E-state index is 12.6. The number of hydrogen-bond acceptors (Lipinski definition) is 6. The third kappa shape index (κ3) is 2.29. The average molecular weight is 399 g/mol. The van der Waals surface area contributed by atoms with Gasteiger partial charge in [0, 0.05) is 0 Å². The van der Waals surface area contributed by atoms with E-state index in [9.17, 15) is 4.79 Å². The second-order valence-electron chi connectivity index (χ2n) is 7.42. The molecule has 2 aliphatic heterocycles. The van der Waals surface area contributed by atoms with Gasteiger partial charge in [0.05, 0.1) is 0 Å². The molecule has 28 heavy (non-hydrogen) atoms. The summed E-state index contributed by atoms with van der Waals surface area (Å²) in [5, 5.41) is 7.07. The Labute approximate surface area is 163 Å². The molecule has 0 saturated carbocycles. The monoisotopic (exact) mass is 399 g/mol. The average Bonchev–Trinajstić information content (AvgIpc) is 3.18. The van der Waals surface area contributed by atoms with Gasteiger partial charge in [0.25, 0.3) is 0 Å². The van der Waals surface area contributed by atoms with E-state index in [1.54, 1.807) is 0 Å². The predicted molar refractivity (Wildman–Crippen MR) is 109 cm³/mol. The van der Waals surface area contributed by atoms with E-state index in [1.165, 1.54) is 0 Å². The number of benzene rings is 3. The van der Waals surface area contributed by atoms with Crippen molar-refractivity contribution in [3.8, 4) is 11.5 Å². The summed E-state index contributed by atoms with van der Waals surface area (Å²) in [7, 11) is -4.34.